The van der Waals surface area contributed by atoms with E-state index in [0.29, 0.717) is 31.9 Å². The molecule has 0 aromatic rings. The van der Waals surface area contributed by atoms with Crippen molar-refractivity contribution in [2.75, 3.05) is 26.3 Å². The van der Waals surface area contributed by atoms with Crippen molar-refractivity contribution >= 4 is 5.97 Å². The van der Waals surface area contributed by atoms with Gasteiger partial charge in [-0.3, -0.25) is 0 Å². The predicted octanol–water partition coefficient (Wildman–Crippen LogP) is 0.713. The first-order chi connectivity index (χ1) is 8.02. The summed E-state index contributed by atoms with van der Waals surface area (Å²) in [6, 6.07) is 0.444. The highest BCUT2D eigenvalue weighted by atomic mass is 16.5. The van der Waals surface area contributed by atoms with Gasteiger partial charge in [0.15, 0.2) is 5.60 Å². The summed E-state index contributed by atoms with van der Waals surface area (Å²) in [6.07, 6.45) is 1.53. The molecule has 1 aliphatic heterocycles. The number of piperidine rings is 1. The molecule has 0 unspecified atom stereocenters. The van der Waals surface area contributed by atoms with Crippen LogP contribution < -0.4 is 0 Å². The maximum atomic E-state index is 11.3. The van der Waals surface area contributed by atoms with Crippen molar-refractivity contribution in [3.05, 3.63) is 0 Å². The molecule has 5 nitrogen and oxygen atoms in total. The van der Waals surface area contributed by atoms with Gasteiger partial charge in [0.05, 0.1) is 6.61 Å². The van der Waals surface area contributed by atoms with Gasteiger partial charge in [-0.05, 0) is 33.1 Å². The molecule has 0 bridgehead atoms. The van der Waals surface area contributed by atoms with Crippen LogP contribution >= 0.6 is 0 Å². The summed E-state index contributed by atoms with van der Waals surface area (Å²) in [5.74, 6) is -0.876. The highest BCUT2D eigenvalue weighted by molar-refractivity contribution is 5.77. The molecule has 100 valence electrons. The van der Waals surface area contributed by atoms with E-state index in [1.807, 2.05) is 0 Å². The highest BCUT2D eigenvalue weighted by Gasteiger charge is 2.42. The fraction of sp³-hybridized carbons (Fsp3) is 0.917. The molecule has 0 atom stereocenters. The first kappa shape index (κ1) is 14.4. The Bertz CT molecular complexity index is 247. The molecule has 17 heavy (non-hydrogen) atoms. The smallest absolute Gasteiger partial charge is 0.336 e. The van der Waals surface area contributed by atoms with E-state index < -0.39 is 11.6 Å². The fourth-order valence-corrected chi connectivity index (χ4v) is 2.15. The Morgan fingerprint density at radius 3 is 2.41 bits per heavy atom. The Labute approximate surface area is 102 Å². The van der Waals surface area contributed by atoms with Crippen LogP contribution in [0.2, 0.25) is 0 Å². The van der Waals surface area contributed by atoms with Gasteiger partial charge >= 0.3 is 5.97 Å². The second-order valence-electron chi connectivity index (χ2n) is 4.85. The van der Waals surface area contributed by atoms with Crippen LogP contribution in [0.25, 0.3) is 0 Å². The number of carboxylic acids is 1. The lowest BCUT2D eigenvalue weighted by atomic mass is 9.90. The lowest BCUT2D eigenvalue weighted by Crippen LogP contribution is -2.52. The Morgan fingerprint density at radius 1 is 1.41 bits per heavy atom. The molecule has 0 saturated carbocycles. The summed E-state index contributed by atoms with van der Waals surface area (Å²) >= 11 is 0. The van der Waals surface area contributed by atoms with E-state index in [0.717, 1.165) is 13.1 Å². The van der Waals surface area contributed by atoms with E-state index in [1.54, 1.807) is 0 Å². The molecule has 1 fully saturated rings. The summed E-state index contributed by atoms with van der Waals surface area (Å²) in [7, 11) is 0. The minimum Gasteiger partial charge on any atom is -0.479 e. The summed E-state index contributed by atoms with van der Waals surface area (Å²) in [5.41, 5.74) is -1.04. The summed E-state index contributed by atoms with van der Waals surface area (Å²) in [5, 5.41) is 18.0. The van der Waals surface area contributed by atoms with Crippen molar-refractivity contribution < 1.29 is 19.7 Å². The van der Waals surface area contributed by atoms with Crippen LogP contribution in [-0.4, -0.2) is 59.0 Å². The predicted molar refractivity (Wildman–Crippen MR) is 64.0 cm³/mol. The zero-order valence-electron chi connectivity index (χ0n) is 10.7. The monoisotopic (exact) mass is 245 g/mol. The number of ether oxygens (including phenoxy) is 1. The third kappa shape index (κ3) is 3.66. The average molecular weight is 245 g/mol. The second-order valence-corrected chi connectivity index (χ2v) is 4.85. The van der Waals surface area contributed by atoms with Crippen LogP contribution in [0.5, 0.6) is 0 Å². The molecule has 0 radical (unpaired) electrons. The van der Waals surface area contributed by atoms with Crippen molar-refractivity contribution in [3.63, 3.8) is 0 Å². The highest BCUT2D eigenvalue weighted by Crippen LogP contribution is 2.28. The van der Waals surface area contributed by atoms with Crippen LogP contribution in [0.3, 0.4) is 0 Å². The zero-order chi connectivity index (χ0) is 12.9. The van der Waals surface area contributed by atoms with E-state index in [9.17, 15) is 9.90 Å². The van der Waals surface area contributed by atoms with Crippen molar-refractivity contribution in [1.29, 1.82) is 0 Å². The number of rotatable bonds is 6. The van der Waals surface area contributed by atoms with Gasteiger partial charge in [0.25, 0.3) is 0 Å². The second kappa shape index (κ2) is 6.33. The number of aliphatic carboxylic acids is 1. The normalized spacial score (nSPS) is 20.7. The molecule has 0 amide bonds. The van der Waals surface area contributed by atoms with Gasteiger partial charge in [0.2, 0.25) is 0 Å². The zero-order valence-corrected chi connectivity index (χ0v) is 10.7. The van der Waals surface area contributed by atoms with E-state index >= 15 is 0 Å². The molecule has 2 N–H and O–H groups in total. The molecular formula is C12H23NO4. The van der Waals surface area contributed by atoms with Crippen molar-refractivity contribution in [2.45, 2.75) is 44.8 Å². The largest absolute Gasteiger partial charge is 0.479 e. The maximum Gasteiger partial charge on any atom is 0.336 e. The number of nitrogens with zero attached hydrogens (tertiary/aromatic N) is 1. The molecule has 1 rings (SSSR count). The molecule has 0 aliphatic carbocycles. The first-order valence-electron chi connectivity index (χ1n) is 6.24. The number of aliphatic hydroxyl groups excluding tert-OH is 1. The molecule has 1 aliphatic rings. The van der Waals surface area contributed by atoms with Crippen LogP contribution in [0.4, 0.5) is 0 Å². The van der Waals surface area contributed by atoms with E-state index in [-0.39, 0.29) is 6.61 Å². The van der Waals surface area contributed by atoms with Gasteiger partial charge in [-0.25, -0.2) is 4.79 Å². The molecule has 0 aromatic heterocycles. The average Bonchev–Trinajstić information content (AvgIpc) is 2.29. The van der Waals surface area contributed by atoms with Crippen molar-refractivity contribution in [3.8, 4) is 0 Å². The van der Waals surface area contributed by atoms with Crippen molar-refractivity contribution in [1.82, 2.24) is 4.90 Å². The number of aliphatic hydroxyl groups is 1. The molecule has 1 heterocycles. The van der Waals surface area contributed by atoms with Gasteiger partial charge in [-0.2, -0.15) is 0 Å². The molecule has 5 heteroatoms. The third-order valence-electron chi connectivity index (χ3n) is 3.41. The van der Waals surface area contributed by atoms with Crippen LogP contribution in [-0.2, 0) is 9.53 Å². The number of carbonyl (C=O) groups is 1. The fourth-order valence-electron chi connectivity index (χ4n) is 2.15. The summed E-state index contributed by atoms with van der Waals surface area (Å²) < 4.78 is 5.51. The molecular weight excluding hydrogens is 222 g/mol. The van der Waals surface area contributed by atoms with Gasteiger partial charge in [-0.1, -0.05) is 0 Å². The van der Waals surface area contributed by atoms with Gasteiger partial charge in [0, 0.05) is 25.7 Å². The lowest BCUT2D eigenvalue weighted by molar-refractivity contribution is -0.174. The first-order valence-corrected chi connectivity index (χ1v) is 6.24. The third-order valence-corrected chi connectivity index (χ3v) is 3.41. The Hall–Kier alpha value is -0.650. The summed E-state index contributed by atoms with van der Waals surface area (Å²) in [4.78, 5) is 13.6. The van der Waals surface area contributed by atoms with E-state index in [1.165, 1.54) is 0 Å². The van der Waals surface area contributed by atoms with Crippen LogP contribution in [0.1, 0.15) is 33.1 Å². The molecule has 1 saturated heterocycles. The quantitative estimate of drug-likeness (QED) is 0.675. The number of hydrogen-bond donors (Lipinski definition) is 2. The van der Waals surface area contributed by atoms with E-state index in [2.05, 4.69) is 18.7 Å². The Kier molecular flexibility index (Phi) is 5.36. The molecule has 0 aromatic carbocycles. The van der Waals surface area contributed by atoms with Crippen LogP contribution in [0.15, 0.2) is 0 Å². The maximum absolute atomic E-state index is 11.3. The van der Waals surface area contributed by atoms with Gasteiger partial charge < -0.3 is 19.8 Å². The van der Waals surface area contributed by atoms with Crippen LogP contribution in [0, 0.1) is 0 Å². The number of likely N-dealkylation sites (tertiary alicyclic amines) is 1. The minimum absolute atomic E-state index is 0.0355. The number of hydrogen-bond acceptors (Lipinski definition) is 4. The van der Waals surface area contributed by atoms with Gasteiger partial charge in [-0.15, -0.1) is 0 Å². The van der Waals surface area contributed by atoms with Gasteiger partial charge in [0.1, 0.15) is 0 Å². The topological polar surface area (TPSA) is 70.0 Å². The van der Waals surface area contributed by atoms with E-state index in [4.69, 9.17) is 9.84 Å². The Balaban J connectivity index is 2.54. The molecule has 0 spiro atoms. The Morgan fingerprint density at radius 2 is 2.00 bits per heavy atom. The number of carboxylic acid groups (broad SMARTS) is 1. The standard InChI is InChI=1S/C12H23NO4/c1-10(2)13-6-4-12(5-7-13,11(15)16)17-9-3-8-14/h10,14H,3-9H2,1-2H3,(H,15,16). The lowest BCUT2D eigenvalue weighted by Gasteiger charge is -2.40. The SMILES string of the molecule is CC(C)N1CCC(OCCCO)(C(=O)O)CC1. The summed E-state index contributed by atoms with van der Waals surface area (Å²) in [6.45, 7) is 6.07. The van der Waals surface area contributed by atoms with Crippen molar-refractivity contribution in [2.24, 2.45) is 0 Å². The minimum atomic E-state index is -1.04.